The minimum Gasteiger partial charge on any atom is -0.497 e. The van der Waals surface area contributed by atoms with Gasteiger partial charge in [-0.2, -0.15) is 0 Å². The summed E-state index contributed by atoms with van der Waals surface area (Å²) in [5.74, 6) is -0.250. The summed E-state index contributed by atoms with van der Waals surface area (Å²) >= 11 is 0. The molecule has 0 amide bonds. The molecule has 0 bridgehead atoms. The van der Waals surface area contributed by atoms with E-state index in [0.29, 0.717) is 43.8 Å². The molecule has 2 aromatic rings. The summed E-state index contributed by atoms with van der Waals surface area (Å²) in [5, 5.41) is 8.94. The molecule has 132 valence electrons. The maximum absolute atomic E-state index is 15.3. The topological polar surface area (TPSA) is 49.8 Å². The fourth-order valence-electron chi connectivity index (χ4n) is 3.27. The van der Waals surface area contributed by atoms with E-state index in [2.05, 4.69) is 4.90 Å². The molecule has 0 saturated carbocycles. The van der Waals surface area contributed by atoms with Crippen molar-refractivity contribution in [2.75, 3.05) is 20.2 Å². The van der Waals surface area contributed by atoms with Crippen LogP contribution in [0.2, 0.25) is 0 Å². The van der Waals surface area contributed by atoms with Gasteiger partial charge in [0.15, 0.2) is 0 Å². The van der Waals surface area contributed by atoms with E-state index in [0.717, 1.165) is 5.56 Å². The third-order valence-electron chi connectivity index (χ3n) is 4.84. The first-order valence-corrected chi connectivity index (χ1v) is 8.38. The van der Waals surface area contributed by atoms with Gasteiger partial charge in [-0.05, 0) is 48.2 Å². The Balaban J connectivity index is 1.62. The van der Waals surface area contributed by atoms with Crippen LogP contribution in [0, 0.1) is 0 Å². The molecule has 1 aliphatic rings. The highest BCUT2D eigenvalue weighted by Crippen LogP contribution is 2.38. The zero-order valence-electron chi connectivity index (χ0n) is 14.2. The van der Waals surface area contributed by atoms with Crippen LogP contribution in [0.3, 0.4) is 0 Å². The Morgan fingerprint density at radius 3 is 2.48 bits per heavy atom. The fourth-order valence-corrected chi connectivity index (χ4v) is 3.27. The largest absolute Gasteiger partial charge is 0.497 e. The highest BCUT2D eigenvalue weighted by Gasteiger charge is 2.36. The smallest absolute Gasteiger partial charge is 0.335 e. The average Bonchev–Trinajstić information content (AvgIpc) is 2.64. The number of rotatable bonds is 5. The van der Waals surface area contributed by atoms with Crippen LogP contribution in [0.25, 0.3) is 0 Å². The lowest BCUT2D eigenvalue weighted by atomic mass is 9.86. The summed E-state index contributed by atoms with van der Waals surface area (Å²) in [6.07, 6.45) is 0.876. The van der Waals surface area contributed by atoms with Crippen LogP contribution in [0.4, 0.5) is 4.39 Å². The SMILES string of the molecule is COc1cccc(C2(F)CCN(Cc3ccc(C(=O)O)cc3)CC2)c1. The molecule has 0 spiro atoms. The number of likely N-dealkylation sites (tertiary alicyclic amines) is 1. The van der Waals surface area contributed by atoms with Crippen molar-refractivity contribution in [3.05, 3.63) is 65.2 Å². The molecule has 0 atom stereocenters. The van der Waals surface area contributed by atoms with E-state index >= 15 is 4.39 Å². The van der Waals surface area contributed by atoms with E-state index < -0.39 is 11.6 Å². The quantitative estimate of drug-likeness (QED) is 0.896. The van der Waals surface area contributed by atoms with Crippen molar-refractivity contribution in [3.63, 3.8) is 0 Å². The van der Waals surface area contributed by atoms with E-state index in [9.17, 15) is 4.79 Å². The van der Waals surface area contributed by atoms with E-state index in [1.54, 1.807) is 25.3 Å². The number of halogens is 1. The maximum atomic E-state index is 15.3. The van der Waals surface area contributed by atoms with Crippen molar-refractivity contribution in [1.29, 1.82) is 0 Å². The minimum absolute atomic E-state index is 0.281. The van der Waals surface area contributed by atoms with Crippen molar-refractivity contribution in [2.45, 2.75) is 25.1 Å². The first-order valence-electron chi connectivity index (χ1n) is 8.38. The molecule has 1 heterocycles. The van der Waals surface area contributed by atoms with E-state index in [-0.39, 0.29) is 5.56 Å². The van der Waals surface area contributed by atoms with E-state index in [4.69, 9.17) is 9.84 Å². The molecular formula is C20H22FNO3. The van der Waals surface area contributed by atoms with Gasteiger partial charge in [0.25, 0.3) is 0 Å². The van der Waals surface area contributed by atoms with Crippen LogP contribution >= 0.6 is 0 Å². The molecule has 0 radical (unpaired) electrons. The summed E-state index contributed by atoms with van der Waals surface area (Å²) in [5.41, 5.74) is 0.677. The van der Waals surface area contributed by atoms with Gasteiger partial charge >= 0.3 is 5.97 Å². The predicted octanol–water partition coefficient (Wildman–Crippen LogP) is 3.85. The lowest BCUT2D eigenvalue weighted by Gasteiger charge is -2.36. The number of carboxylic acids is 1. The molecule has 25 heavy (non-hydrogen) atoms. The van der Waals surface area contributed by atoms with Crippen LogP contribution in [-0.4, -0.2) is 36.2 Å². The van der Waals surface area contributed by atoms with Gasteiger partial charge in [-0.1, -0.05) is 24.3 Å². The Morgan fingerprint density at radius 1 is 1.20 bits per heavy atom. The average molecular weight is 343 g/mol. The second-order valence-corrected chi connectivity index (χ2v) is 6.48. The van der Waals surface area contributed by atoms with Crippen LogP contribution in [0.15, 0.2) is 48.5 Å². The van der Waals surface area contributed by atoms with Gasteiger partial charge in [0.2, 0.25) is 0 Å². The number of hydrogen-bond acceptors (Lipinski definition) is 3. The first kappa shape index (κ1) is 17.4. The Morgan fingerprint density at radius 2 is 1.88 bits per heavy atom. The minimum atomic E-state index is -1.32. The van der Waals surface area contributed by atoms with Gasteiger partial charge in [0, 0.05) is 19.6 Å². The summed E-state index contributed by atoms with van der Waals surface area (Å²) in [6, 6.07) is 14.1. The zero-order valence-corrected chi connectivity index (χ0v) is 14.2. The van der Waals surface area contributed by atoms with Gasteiger partial charge in [-0.25, -0.2) is 9.18 Å². The summed E-state index contributed by atoms with van der Waals surface area (Å²) in [6.45, 7) is 2.02. The first-order chi connectivity index (χ1) is 12.0. The molecule has 0 aliphatic carbocycles. The van der Waals surface area contributed by atoms with Crippen LogP contribution in [-0.2, 0) is 12.2 Å². The maximum Gasteiger partial charge on any atom is 0.335 e. The number of benzene rings is 2. The van der Waals surface area contributed by atoms with Crippen molar-refractivity contribution in [3.8, 4) is 5.75 Å². The molecule has 5 heteroatoms. The van der Waals surface area contributed by atoms with Gasteiger partial charge in [0.05, 0.1) is 12.7 Å². The summed E-state index contributed by atoms with van der Waals surface area (Å²) in [7, 11) is 1.59. The summed E-state index contributed by atoms with van der Waals surface area (Å²) in [4.78, 5) is 13.1. The third kappa shape index (κ3) is 3.99. The molecule has 1 N–H and O–H groups in total. The van der Waals surface area contributed by atoms with Crippen LogP contribution < -0.4 is 4.74 Å². The summed E-state index contributed by atoms with van der Waals surface area (Å²) < 4.78 is 20.5. The number of alkyl halides is 1. The third-order valence-corrected chi connectivity index (χ3v) is 4.84. The number of hydrogen-bond donors (Lipinski definition) is 1. The predicted molar refractivity (Wildman–Crippen MR) is 93.7 cm³/mol. The molecule has 1 aliphatic heterocycles. The molecule has 0 unspecified atom stereocenters. The number of piperidine rings is 1. The number of nitrogens with zero attached hydrogens (tertiary/aromatic N) is 1. The van der Waals surface area contributed by atoms with E-state index in [1.807, 2.05) is 30.3 Å². The molecule has 1 fully saturated rings. The van der Waals surface area contributed by atoms with Crippen LogP contribution in [0.1, 0.15) is 34.3 Å². The number of aromatic carboxylic acids is 1. The highest BCUT2D eigenvalue weighted by atomic mass is 19.1. The van der Waals surface area contributed by atoms with Gasteiger partial charge in [-0.15, -0.1) is 0 Å². The van der Waals surface area contributed by atoms with Crippen LogP contribution in [0.5, 0.6) is 5.75 Å². The van der Waals surface area contributed by atoms with Crippen molar-refractivity contribution >= 4 is 5.97 Å². The van der Waals surface area contributed by atoms with Gasteiger partial charge in [-0.3, -0.25) is 4.90 Å². The molecule has 1 saturated heterocycles. The monoisotopic (exact) mass is 343 g/mol. The molecule has 2 aromatic carbocycles. The lowest BCUT2D eigenvalue weighted by Crippen LogP contribution is -2.39. The van der Waals surface area contributed by atoms with Crippen molar-refractivity contribution in [2.24, 2.45) is 0 Å². The lowest BCUT2D eigenvalue weighted by molar-refractivity contribution is 0.0524. The second kappa shape index (κ2) is 7.23. The van der Waals surface area contributed by atoms with E-state index in [1.165, 1.54) is 0 Å². The Labute approximate surface area is 146 Å². The zero-order chi connectivity index (χ0) is 17.9. The van der Waals surface area contributed by atoms with Crippen molar-refractivity contribution in [1.82, 2.24) is 4.90 Å². The number of carbonyl (C=O) groups is 1. The second-order valence-electron chi connectivity index (χ2n) is 6.48. The number of ether oxygens (including phenoxy) is 1. The number of methoxy groups -OCH3 is 1. The van der Waals surface area contributed by atoms with Gasteiger partial charge in [0.1, 0.15) is 11.4 Å². The molecular weight excluding hydrogens is 321 g/mol. The molecule has 3 rings (SSSR count). The Bertz CT molecular complexity index is 737. The fraction of sp³-hybridized carbons (Fsp3) is 0.350. The molecule has 0 aromatic heterocycles. The molecule has 4 nitrogen and oxygen atoms in total. The van der Waals surface area contributed by atoms with Crippen molar-refractivity contribution < 1.29 is 19.0 Å². The Kier molecular flexibility index (Phi) is 5.04. The standard InChI is InChI=1S/C20H22FNO3/c1-25-18-4-2-3-17(13-18)20(21)9-11-22(12-10-20)14-15-5-7-16(8-6-15)19(23)24/h2-8,13H,9-12,14H2,1H3,(H,23,24). The normalized spacial score (nSPS) is 17.2. The Hall–Kier alpha value is -2.40. The van der Waals surface area contributed by atoms with Gasteiger partial charge < -0.3 is 9.84 Å². The number of carboxylic acid groups (broad SMARTS) is 1. The highest BCUT2D eigenvalue weighted by molar-refractivity contribution is 5.87.